The van der Waals surface area contributed by atoms with Crippen molar-refractivity contribution in [2.24, 2.45) is 17.8 Å². The van der Waals surface area contributed by atoms with Crippen molar-refractivity contribution in [2.45, 2.75) is 57.2 Å². The molecule has 4 bridgehead atoms. The first-order valence-corrected chi connectivity index (χ1v) is 7.53. The summed E-state index contributed by atoms with van der Waals surface area (Å²) < 4.78 is 12.0. The Kier molecular flexibility index (Phi) is 3.01. The van der Waals surface area contributed by atoms with Gasteiger partial charge in [-0.15, -0.1) is 0 Å². The van der Waals surface area contributed by atoms with E-state index in [4.69, 9.17) is 9.47 Å². The molecular weight excluding hydrogens is 240 g/mol. The Bertz CT molecular complexity index is 387. The van der Waals surface area contributed by atoms with E-state index >= 15 is 0 Å². The standard InChI is InChI=1S/C16H24O3/c1-4-14(17)19-16-9-12-6-13(10-16)8-15(7-12,11(16)3)18-5-2/h4,11-13H,1,5-10H2,2-3H3. The van der Waals surface area contributed by atoms with E-state index in [0.717, 1.165) is 32.3 Å². The molecule has 0 aromatic rings. The Morgan fingerprint density at radius 3 is 2.37 bits per heavy atom. The van der Waals surface area contributed by atoms with Crippen LogP contribution in [0.25, 0.3) is 0 Å². The largest absolute Gasteiger partial charge is 0.456 e. The highest BCUT2D eigenvalue weighted by Crippen LogP contribution is 2.62. The third-order valence-electron chi connectivity index (χ3n) is 5.68. The van der Waals surface area contributed by atoms with Gasteiger partial charge in [-0.2, -0.15) is 0 Å². The van der Waals surface area contributed by atoms with E-state index in [2.05, 4.69) is 20.4 Å². The predicted octanol–water partition coefficient (Wildman–Crippen LogP) is 3.09. The van der Waals surface area contributed by atoms with Gasteiger partial charge in [-0.25, -0.2) is 4.79 Å². The van der Waals surface area contributed by atoms with Gasteiger partial charge >= 0.3 is 5.97 Å². The molecule has 0 aliphatic heterocycles. The van der Waals surface area contributed by atoms with Crippen molar-refractivity contribution in [3.8, 4) is 0 Å². The highest BCUT2D eigenvalue weighted by atomic mass is 16.6. The number of hydrogen-bond donors (Lipinski definition) is 0. The summed E-state index contributed by atoms with van der Waals surface area (Å²) in [5.41, 5.74) is -0.356. The molecule has 0 amide bonds. The van der Waals surface area contributed by atoms with Crippen molar-refractivity contribution in [3.05, 3.63) is 12.7 Å². The quantitative estimate of drug-likeness (QED) is 0.578. The second-order valence-corrected chi connectivity index (χ2v) is 6.69. The van der Waals surface area contributed by atoms with E-state index in [1.807, 2.05) is 0 Å². The van der Waals surface area contributed by atoms with Gasteiger partial charge in [-0.3, -0.25) is 0 Å². The zero-order valence-electron chi connectivity index (χ0n) is 12.0. The van der Waals surface area contributed by atoms with Crippen molar-refractivity contribution in [1.29, 1.82) is 0 Å². The molecular formula is C16H24O3. The fourth-order valence-corrected chi connectivity index (χ4v) is 5.20. The van der Waals surface area contributed by atoms with Crippen LogP contribution < -0.4 is 0 Å². The molecule has 0 saturated heterocycles. The Balaban J connectivity index is 1.93. The average Bonchev–Trinajstić information content (AvgIpc) is 2.35. The topological polar surface area (TPSA) is 35.5 Å². The molecule has 4 fully saturated rings. The van der Waals surface area contributed by atoms with Crippen molar-refractivity contribution in [3.63, 3.8) is 0 Å². The molecule has 19 heavy (non-hydrogen) atoms. The summed E-state index contributed by atoms with van der Waals surface area (Å²) in [4.78, 5) is 11.7. The third-order valence-corrected chi connectivity index (χ3v) is 5.68. The zero-order valence-corrected chi connectivity index (χ0v) is 12.0. The number of ether oxygens (including phenoxy) is 2. The van der Waals surface area contributed by atoms with E-state index in [0.29, 0.717) is 11.8 Å². The minimum Gasteiger partial charge on any atom is -0.456 e. The number of carbonyl (C=O) groups excluding carboxylic acids is 1. The lowest BCUT2D eigenvalue weighted by molar-refractivity contribution is -0.263. The maximum Gasteiger partial charge on any atom is 0.330 e. The Morgan fingerprint density at radius 1 is 1.26 bits per heavy atom. The molecule has 0 heterocycles. The summed E-state index contributed by atoms with van der Waals surface area (Å²) in [6.45, 7) is 8.55. The van der Waals surface area contributed by atoms with Gasteiger partial charge in [-0.1, -0.05) is 13.5 Å². The Morgan fingerprint density at radius 2 is 1.84 bits per heavy atom. The fraction of sp³-hybridized carbons (Fsp3) is 0.812. The normalized spacial score (nSPS) is 47.2. The number of rotatable bonds is 4. The van der Waals surface area contributed by atoms with Crippen LogP contribution in [0.5, 0.6) is 0 Å². The predicted molar refractivity (Wildman–Crippen MR) is 72.6 cm³/mol. The van der Waals surface area contributed by atoms with Crippen molar-refractivity contribution in [1.82, 2.24) is 0 Å². The molecule has 4 aliphatic rings. The lowest BCUT2D eigenvalue weighted by Crippen LogP contribution is -2.67. The Labute approximate surface area is 115 Å². The van der Waals surface area contributed by atoms with Crippen LogP contribution in [0.4, 0.5) is 0 Å². The zero-order chi connectivity index (χ0) is 13.7. The van der Waals surface area contributed by atoms with Gasteiger partial charge in [0.1, 0.15) is 5.60 Å². The van der Waals surface area contributed by atoms with E-state index in [9.17, 15) is 4.79 Å². The second-order valence-electron chi connectivity index (χ2n) is 6.69. The minimum absolute atomic E-state index is 0.0553. The summed E-state index contributed by atoms with van der Waals surface area (Å²) in [7, 11) is 0. The van der Waals surface area contributed by atoms with Crippen molar-refractivity contribution in [2.75, 3.05) is 6.61 Å². The van der Waals surface area contributed by atoms with Gasteiger partial charge in [0, 0.05) is 18.6 Å². The van der Waals surface area contributed by atoms with Crippen LogP contribution in [-0.4, -0.2) is 23.8 Å². The summed E-state index contributed by atoms with van der Waals surface area (Å²) in [6.07, 6.45) is 6.89. The SMILES string of the molecule is C=CC(=O)OC12CC3CC(CC(OCC)(C3)C1C)C2. The van der Waals surface area contributed by atoms with Gasteiger partial charge in [0.05, 0.1) is 5.60 Å². The second kappa shape index (κ2) is 4.34. The summed E-state index contributed by atoms with van der Waals surface area (Å²) in [5, 5.41) is 0. The number of esters is 1. The molecule has 0 spiro atoms. The van der Waals surface area contributed by atoms with Crippen LogP contribution in [0, 0.1) is 17.8 Å². The smallest absolute Gasteiger partial charge is 0.330 e. The third kappa shape index (κ3) is 1.85. The van der Waals surface area contributed by atoms with Crippen LogP contribution in [0.1, 0.15) is 46.0 Å². The molecule has 106 valence electrons. The minimum atomic E-state index is -0.301. The van der Waals surface area contributed by atoms with E-state index < -0.39 is 0 Å². The van der Waals surface area contributed by atoms with Gasteiger partial charge in [0.2, 0.25) is 0 Å². The molecule has 0 radical (unpaired) electrons. The molecule has 3 atom stereocenters. The molecule has 3 heteroatoms. The molecule has 3 unspecified atom stereocenters. The lowest BCUT2D eigenvalue weighted by Gasteiger charge is -2.64. The van der Waals surface area contributed by atoms with Crippen LogP contribution in [0.2, 0.25) is 0 Å². The van der Waals surface area contributed by atoms with Crippen LogP contribution in [0.15, 0.2) is 12.7 Å². The van der Waals surface area contributed by atoms with Crippen molar-refractivity contribution < 1.29 is 14.3 Å². The number of hydrogen-bond acceptors (Lipinski definition) is 3. The molecule has 3 nitrogen and oxygen atoms in total. The summed E-state index contributed by atoms with van der Waals surface area (Å²) in [5.74, 6) is 1.33. The average molecular weight is 264 g/mol. The molecule has 0 aromatic carbocycles. The maximum atomic E-state index is 11.7. The van der Waals surface area contributed by atoms with Crippen LogP contribution in [0.3, 0.4) is 0 Å². The molecule has 0 aromatic heterocycles. The molecule has 0 N–H and O–H groups in total. The summed E-state index contributed by atoms with van der Waals surface area (Å²) >= 11 is 0. The number of carbonyl (C=O) groups is 1. The molecule has 4 aliphatic carbocycles. The van der Waals surface area contributed by atoms with E-state index in [-0.39, 0.29) is 23.1 Å². The first kappa shape index (κ1) is 13.2. The van der Waals surface area contributed by atoms with E-state index in [1.54, 1.807) is 0 Å². The fourth-order valence-electron chi connectivity index (χ4n) is 5.20. The van der Waals surface area contributed by atoms with Gasteiger partial charge in [0.15, 0.2) is 0 Å². The highest BCUT2D eigenvalue weighted by molar-refractivity contribution is 5.81. The monoisotopic (exact) mass is 264 g/mol. The molecule has 4 rings (SSSR count). The maximum absolute atomic E-state index is 11.7. The lowest BCUT2D eigenvalue weighted by atomic mass is 9.48. The first-order chi connectivity index (χ1) is 9.03. The van der Waals surface area contributed by atoms with Gasteiger partial charge in [0.25, 0.3) is 0 Å². The Hall–Kier alpha value is -0.830. The van der Waals surface area contributed by atoms with Gasteiger partial charge < -0.3 is 9.47 Å². The van der Waals surface area contributed by atoms with Crippen LogP contribution >= 0.6 is 0 Å². The van der Waals surface area contributed by atoms with Crippen molar-refractivity contribution >= 4 is 5.97 Å². The summed E-state index contributed by atoms with van der Waals surface area (Å²) in [6, 6.07) is 0. The first-order valence-electron chi connectivity index (χ1n) is 7.53. The molecule has 4 saturated carbocycles. The van der Waals surface area contributed by atoms with Gasteiger partial charge in [-0.05, 0) is 50.9 Å². The highest BCUT2D eigenvalue weighted by Gasteiger charge is 2.64. The van der Waals surface area contributed by atoms with Crippen LogP contribution in [-0.2, 0) is 14.3 Å². The van der Waals surface area contributed by atoms with E-state index in [1.165, 1.54) is 12.5 Å².